The summed E-state index contributed by atoms with van der Waals surface area (Å²) in [5, 5.41) is 3.23. The minimum absolute atomic E-state index is 0.121. The lowest BCUT2D eigenvalue weighted by molar-refractivity contribution is 0.0985. The highest BCUT2D eigenvalue weighted by molar-refractivity contribution is 6.40. The maximum absolute atomic E-state index is 13.2. The molecule has 0 radical (unpaired) electrons. The third kappa shape index (κ3) is 3.20. The molecule has 0 saturated carbocycles. The molecule has 27 heavy (non-hydrogen) atoms. The van der Waals surface area contributed by atoms with Gasteiger partial charge >= 0.3 is 0 Å². The van der Waals surface area contributed by atoms with Gasteiger partial charge in [0.2, 0.25) is 5.78 Å². The molecule has 0 spiro atoms. The van der Waals surface area contributed by atoms with E-state index in [1.54, 1.807) is 24.3 Å². The van der Waals surface area contributed by atoms with E-state index < -0.39 is 0 Å². The van der Waals surface area contributed by atoms with Crippen LogP contribution in [0.15, 0.2) is 84.6 Å². The van der Waals surface area contributed by atoms with Gasteiger partial charge in [-0.15, -0.1) is 0 Å². The Kier molecular flexibility index (Phi) is 4.43. The molecule has 3 heteroatoms. The molecule has 1 aliphatic carbocycles. The van der Waals surface area contributed by atoms with Gasteiger partial charge in [-0.2, -0.15) is 0 Å². The highest BCUT2D eigenvalue weighted by atomic mass is 16.1. The third-order valence-corrected chi connectivity index (χ3v) is 4.77. The van der Waals surface area contributed by atoms with Crippen LogP contribution in [0.4, 0.5) is 0 Å². The number of rotatable bonds is 4. The topological polar surface area (TPSA) is 46.2 Å². The van der Waals surface area contributed by atoms with Gasteiger partial charge in [0.1, 0.15) is 0 Å². The standard InChI is InChI=1S/C24H19NO2/c1-16-11-13-18(14-12-16)21-22(25-15-17-7-3-2-4-8-17)24(27)20-10-6-5-9-19(20)23(21)26/h2-14,25H,15H2,1H3. The number of nitrogens with one attached hydrogen (secondary N) is 1. The number of aryl methyl sites for hydroxylation is 1. The monoisotopic (exact) mass is 353 g/mol. The highest BCUT2D eigenvalue weighted by Gasteiger charge is 2.32. The van der Waals surface area contributed by atoms with Crippen molar-refractivity contribution in [3.05, 3.63) is 112 Å². The van der Waals surface area contributed by atoms with E-state index in [0.717, 1.165) is 16.7 Å². The van der Waals surface area contributed by atoms with Gasteiger partial charge in [-0.05, 0) is 18.1 Å². The summed E-state index contributed by atoms with van der Waals surface area (Å²) >= 11 is 0. The van der Waals surface area contributed by atoms with E-state index in [-0.39, 0.29) is 11.6 Å². The highest BCUT2D eigenvalue weighted by Crippen LogP contribution is 2.31. The molecule has 4 rings (SSSR count). The van der Waals surface area contributed by atoms with Crippen molar-refractivity contribution in [1.29, 1.82) is 0 Å². The first-order chi connectivity index (χ1) is 13.1. The quantitative estimate of drug-likeness (QED) is 0.747. The molecular formula is C24H19NO2. The van der Waals surface area contributed by atoms with Gasteiger partial charge in [-0.3, -0.25) is 9.59 Å². The number of ketones is 2. The summed E-state index contributed by atoms with van der Waals surface area (Å²) < 4.78 is 0. The molecule has 3 aromatic rings. The van der Waals surface area contributed by atoms with Crippen molar-refractivity contribution < 1.29 is 9.59 Å². The Morgan fingerprint density at radius 2 is 1.30 bits per heavy atom. The number of hydrogen-bond acceptors (Lipinski definition) is 3. The number of carbonyl (C=O) groups excluding carboxylic acids is 2. The second kappa shape index (κ2) is 7.04. The summed E-state index contributed by atoms with van der Waals surface area (Å²) in [6, 6.07) is 24.5. The molecule has 0 aromatic heterocycles. The average molecular weight is 353 g/mol. The lowest BCUT2D eigenvalue weighted by atomic mass is 9.84. The largest absolute Gasteiger partial charge is 0.377 e. The molecule has 1 aliphatic rings. The molecular weight excluding hydrogens is 334 g/mol. The van der Waals surface area contributed by atoms with E-state index in [2.05, 4.69) is 5.32 Å². The summed E-state index contributed by atoms with van der Waals surface area (Å²) in [5.41, 5.74) is 4.63. The molecule has 0 heterocycles. The van der Waals surface area contributed by atoms with Gasteiger partial charge < -0.3 is 5.32 Å². The Labute approximate surface area is 158 Å². The van der Waals surface area contributed by atoms with Gasteiger partial charge in [0.25, 0.3) is 0 Å². The summed E-state index contributed by atoms with van der Waals surface area (Å²) in [4.78, 5) is 26.4. The van der Waals surface area contributed by atoms with Crippen LogP contribution in [0.25, 0.3) is 5.57 Å². The summed E-state index contributed by atoms with van der Waals surface area (Å²) in [5.74, 6) is -0.263. The fraction of sp³-hybridized carbons (Fsp3) is 0.0833. The van der Waals surface area contributed by atoms with Crippen molar-refractivity contribution in [1.82, 2.24) is 5.32 Å². The molecule has 0 aliphatic heterocycles. The van der Waals surface area contributed by atoms with Crippen molar-refractivity contribution in [2.75, 3.05) is 0 Å². The molecule has 1 N–H and O–H groups in total. The Hall–Kier alpha value is -3.46. The molecule has 0 fully saturated rings. The Balaban J connectivity index is 1.81. The molecule has 3 aromatic carbocycles. The smallest absolute Gasteiger partial charge is 0.210 e. The van der Waals surface area contributed by atoms with E-state index in [9.17, 15) is 9.59 Å². The number of allylic oxidation sites excluding steroid dienone is 2. The van der Waals surface area contributed by atoms with Crippen molar-refractivity contribution in [2.45, 2.75) is 13.5 Å². The molecule has 132 valence electrons. The van der Waals surface area contributed by atoms with Crippen LogP contribution in [0.1, 0.15) is 37.4 Å². The number of Topliss-reactive ketones (excluding diaryl/α,β-unsaturated/α-hetero) is 2. The zero-order valence-electron chi connectivity index (χ0n) is 15.0. The molecule has 3 nitrogen and oxygen atoms in total. The zero-order chi connectivity index (χ0) is 18.8. The van der Waals surface area contributed by atoms with Crippen LogP contribution < -0.4 is 5.32 Å². The van der Waals surface area contributed by atoms with E-state index >= 15 is 0 Å². The van der Waals surface area contributed by atoms with Crippen LogP contribution >= 0.6 is 0 Å². The average Bonchev–Trinajstić information content (AvgIpc) is 2.71. The maximum atomic E-state index is 13.2. The van der Waals surface area contributed by atoms with Gasteiger partial charge in [0.05, 0.1) is 11.3 Å². The Morgan fingerprint density at radius 1 is 0.704 bits per heavy atom. The van der Waals surface area contributed by atoms with Crippen molar-refractivity contribution >= 4 is 17.1 Å². The second-order valence-corrected chi connectivity index (χ2v) is 6.66. The number of carbonyl (C=O) groups is 2. The molecule has 0 amide bonds. The number of hydrogen-bond donors (Lipinski definition) is 1. The SMILES string of the molecule is Cc1ccc(C2=C(NCc3ccccc3)C(=O)c3ccccc3C2=O)cc1. The van der Waals surface area contributed by atoms with Gasteiger partial charge in [-0.1, -0.05) is 84.4 Å². The summed E-state index contributed by atoms with van der Waals surface area (Å²) in [7, 11) is 0. The number of fused-ring (bicyclic) bond motifs is 1. The first-order valence-electron chi connectivity index (χ1n) is 8.92. The lowest BCUT2D eigenvalue weighted by Gasteiger charge is -2.22. The van der Waals surface area contributed by atoms with Crippen LogP contribution in [-0.2, 0) is 6.54 Å². The van der Waals surface area contributed by atoms with E-state index in [4.69, 9.17) is 0 Å². The molecule has 0 atom stereocenters. The predicted octanol–water partition coefficient (Wildman–Crippen LogP) is 4.58. The molecule has 0 unspecified atom stereocenters. The zero-order valence-corrected chi connectivity index (χ0v) is 15.0. The fourth-order valence-electron chi connectivity index (χ4n) is 3.33. The minimum atomic E-state index is -0.142. The van der Waals surface area contributed by atoms with Crippen molar-refractivity contribution in [3.63, 3.8) is 0 Å². The van der Waals surface area contributed by atoms with Gasteiger partial charge in [0.15, 0.2) is 5.78 Å². The first-order valence-corrected chi connectivity index (χ1v) is 8.92. The maximum Gasteiger partial charge on any atom is 0.210 e. The Bertz CT molecular complexity index is 1050. The van der Waals surface area contributed by atoms with Crippen LogP contribution in [0.2, 0.25) is 0 Å². The van der Waals surface area contributed by atoms with Crippen molar-refractivity contribution in [3.8, 4) is 0 Å². The van der Waals surface area contributed by atoms with E-state index in [0.29, 0.717) is 28.9 Å². The van der Waals surface area contributed by atoms with Gasteiger partial charge in [-0.25, -0.2) is 0 Å². The number of benzene rings is 3. The molecule has 0 saturated heterocycles. The Morgan fingerprint density at radius 3 is 1.96 bits per heavy atom. The van der Waals surface area contributed by atoms with Crippen LogP contribution in [-0.4, -0.2) is 11.6 Å². The first kappa shape index (κ1) is 17.0. The van der Waals surface area contributed by atoms with Crippen LogP contribution in [0.5, 0.6) is 0 Å². The third-order valence-electron chi connectivity index (χ3n) is 4.77. The minimum Gasteiger partial charge on any atom is -0.377 e. The van der Waals surface area contributed by atoms with E-state index in [1.165, 1.54) is 0 Å². The second-order valence-electron chi connectivity index (χ2n) is 6.66. The normalized spacial score (nSPS) is 13.5. The molecule has 0 bridgehead atoms. The van der Waals surface area contributed by atoms with E-state index in [1.807, 2.05) is 61.5 Å². The van der Waals surface area contributed by atoms with Crippen LogP contribution in [0, 0.1) is 6.92 Å². The lowest BCUT2D eigenvalue weighted by Crippen LogP contribution is -2.29. The van der Waals surface area contributed by atoms with Gasteiger partial charge in [0, 0.05) is 17.7 Å². The summed E-state index contributed by atoms with van der Waals surface area (Å²) in [6.07, 6.45) is 0. The fourth-order valence-corrected chi connectivity index (χ4v) is 3.33. The summed E-state index contributed by atoms with van der Waals surface area (Å²) in [6.45, 7) is 2.47. The predicted molar refractivity (Wildman–Crippen MR) is 106 cm³/mol. The van der Waals surface area contributed by atoms with Crippen molar-refractivity contribution in [2.24, 2.45) is 0 Å². The van der Waals surface area contributed by atoms with Crippen LogP contribution in [0.3, 0.4) is 0 Å².